The lowest BCUT2D eigenvalue weighted by atomic mass is 9.89. The molecular weight excluding hydrogens is 172 g/mol. The first-order valence-corrected chi connectivity index (χ1v) is 5.52. The molecule has 2 rings (SSSR count). The molecule has 2 unspecified atom stereocenters. The van der Waals surface area contributed by atoms with E-state index in [1.54, 1.807) is 0 Å². The third-order valence-electron chi connectivity index (χ3n) is 2.70. The van der Waals surface area contributed by atoms with Crippen LogP contribution in [0.15, 0.2) is 0 Å². The molecule has 68 valence electrons. The van der Waals surface area contributed by atoms with Gasteiger partial charge in [-0.25, -0.2) is 0 Å². The van der Waals surface area contributed by atoms with Gasteiger partial charge in [0.15, 0.2) is 0 Å². The summed E-state index contributed by atoms with van der Waals surface area (Å²) in [5.41, 5.74) is 0. The Bertz CT molecular complexity index is 205. The Morgan fingerprint density at radius 3 is 3.17 bits per heavy atom. The molecule has 0 aromatic carbocycles. The highest BCUT2D eigenvalue weighted by Gasteiger charge is 2.62. The van der Waals surface area contributed by atoms with Crippen LogP contribution in [0.1, 0.15) is 32.6 Å². The van der Waals surface area contributed by atoms with Gasteiger partial charge in [-0.1, -0.05) is 12.8 Å². The van der Waals surface area contributed by atoms with Crippen LogP contribution < -0.4 is 0 Å². The molecule has 0 amide bonds. The Kier molecular flexibility index (Phi) is 2.07. The Morgan fingerprint density at radius 1 is 1.67 bits per heavy atom. The van der Waals surface area contributed by atoms with Crippen LogP contribution in [0.2, 0.25) is 0 Å². The fraction of sp³-hybridized carbons (Fsp3) is 0.889. The number of carbonyl (C=O) groups excluding carboxylic acids is 1. The number of thioether (sulfide) groups is 1. The van der Waals surface area contributed by atoms with Crippen molar-refractivity contribution in [3.05, 3.63) is 0 Å². The molecule has 1 saturated heterocycles. The van der Waals surface area contributed by atoms with Crippen molar-refractivity contribution in [3.63, 3.8) is 0 Å². The van der Waals surface area contributed by atoms with Gasteiger partial charge >= 0.3 is 5.97 Å². The summed E-state index contributed by atoms with van der Waals surface area (Å²) in [6.07, 6.45) is 4.74. The lowest BCUT2D eigenvalue weighted by Gasteiger charge is -2.17. The third-order valence-corrected chi connectivity index (χ3v) is 4.45. The molecule has 0 spiro atoms. The third kappa shape index (κ3) is 1.15. The molecule has 2 aliphatic rings. The van der Waals surface area contributed by atoms with E-state index in [-0.39, 0.29) is 10.7 Å². The van der Waals surface area contributed by atoms with Crippen LogP contribution in [-0.4, -0.2) is 22.6 Å². The van der Waals surface area contributed by atoms with Gasteiger partial charge in [0.05, 0.1) is 6.61 Å². The average molecular weight is 186 g/mol. The van der Waals surface area contributed by atoms with E-state index in [1.807, 2.05) is 18.7 Å². The highest BCUT2D eigenvalue weighted by Crippen LogP contribution is 2.62. The summed E-state index contributed by atoms with van der Waals surface area (Å²) in [4.78, 5) is 11.5. The molecule has 2 atom stereocenters. The highest BCUT2D eigenvalue weighted by molar-refractivity contribution is 8.09. The maximum atomic E-state index is 11.5. The van der Waals surface area contributed by atoms with Crippen LogP contribution in [0, 0.1) is 0 Å². The van der Waals surface area contributed by atoms with E-state index in [1.165, 1.54) is 19.3 Å². The summed E-state index contributed by atoms with van der Waals surface area (Å²) < 4.78 is 4.98. The van der Waals surface area contributed by atoms with E-state index in [0.717, 1.165) is 6.42 Å². The number of fused-ring (bicyclic) bond motifs is 1. The Balaban J connectivity index is 1.98. The van der Waals surface area contributed by atoms with Crippen LogP contribution in [0.5, 0.6) is 0 Å². The van der Waals surface area contributed by atoms with Gasteiger partial charge in [-0.05, 0) is 19.8 Å². The van der Waals surface area contributed by atoms with E-state index in [2.05, 4.69) is 0 Å². The molecule has 1 aliphatic heterocycles. The number of esters is 1. The Labute approximate surface area is 77.0 Å². The minimum absolute atomic E-state index is 0.0414. The molecule has 0 aromatic rings. The number of hydrogen-bond donors (Lipinski definition) is 0. The lowest BCUT2D eigenvalue weighted by Crippen LogP contribution is -2.31. The van der Waals surface area contributed by atoms with E-state index in [4.69, 9.17) is 4.74 Å². The summed E-state index contributed by atoms with van der Waals surface area (Å²) >= 11 is 1.82. The van der Waals surface area contributed by atoms with Crippen molar-refractivity contribution in [2.24, 2.45) is 0 Å². The first kappa shape index (κ1) is 8.42. The molecule has 12 heavy (non-hydrogen) atoms. The van der Waals surface area contributed by atoms with Crippen molar-refractivity contribution in [3.8, 4) is 0 Å². The lowest BCUT2D eigenvalue weighted by molar-refractivity contribution is -0.145. The standard InChI is InChI=1S/C9H14O2S/c1-2-11-8(10)9-6-4-3-5-7(9)12-9/h7H,2-6H2,1H3. The monoisotopic (exact) mass is 186 g/mol. The molecule has 0 N–H and O–H groups in total. The number of ether oxygens (including phenoxy) is 1. The summed E-state index contributed by atoms with van der Waals surface area (Å²) in [7, 11) is 0. The summed E-state index contributed by atoms with van der Waals surface area (Å²) in [5, 5.41) is 0.588. The molecule has 1 saturated carbocycles. The van der Waals surface area contributed by atoms with Crippen LogP contribution in [0.25, 0.3) is 0 Å². The zero-order valence-electron chi connectivity index (χ0n) is 7.34. The largest absolute Gasteiger partial charge is 0.465 e. The van der Waals surface area contributed by atoms with Gasteiger partial charge in [0.1, 0.15) is 4.75 Å². The predicted octanol–water partition coefficient (Wildman–Crippen LogP) is 1.98. The van der Waals surface area contributed by atoms with E-state index in [0.29, 0.717) is 11.9 Å². The number of carbonyl (C=O) groups is 1. The van der Waals surface area contributed by atoms with Gasteiger partial charge in [0.25, 0.3) is 0 Å². The molecule has 3 heteroatoms. The Morgan fingerprint density at radius 2 is 2.50 bits per heavy atom. The van der Waals surface area contributed by atoms with Crippen molar-refractivity contribution in [1.82, 2.24) is 0 Å². The average Bonchev–Trinajstić information content (AvgIpc) is 2.79. The van der Waals surface area contributed by atoms with Crippen molar-refractivity contribution < 1.29 is 9.53 Å². The molecule has 0 aromatic heterocycles. The normalized spacial score (nSPS) is 38.6. The van der Waals surface area contributed by atoms with Crippen molar-refractivity contribution >= 4 is 17.7 Å². The van der Waals surface area contributed by atoms with Gasteiger partial charge in [-0.3, -0.25) is 4.79 Å². The van der Waals surface area contributed by atoms with E-state index >= 15 is 0 Å². The molecule has 1 aliphatic carbocycles. The van der Waals surface area contributed by atoms with Gasteiger partial charge in [-0.15, -0.1) is 11.8 Å². The van der Waals surface area contributed by atoms with Gasteiger partial charge in [-0.2, -0.15) is 0 Å². The van der Waals surface area contributed by atoms with Gasteiger partial charge in [0, 0.05) is 5.25 Å². The minimum atomic E-state index is -0.0890. The highest BCUT2D eigenvalue weighted by atomic mass is 32.2. The quantitative estimate of drug-likeness (QED) is 0.487. The maximum absolute atomic E-state index is 11.5. The molecule has 1 heterocycles. The summed E-state index contributed by atoms with van der Waals surface area (Å²) in [5.74, 6) is 0.0414. The predicted molar refractivity (Wildman–Crippen MR) is 49.2 cm³/mol. The second kappa shape index (κ2) is 2.95. The first-order valence-electron chi connectivity index (χ1n) is 4.64. The van der Waals surface area contributed by atoms with Crippen molar-refractivity contribution in [2.75, 3.05) is 6.61 Å². The van der Waals surface area contributed by atoms with Crippen LogP contribution in [0.4, 0.5) is 0 Å². The summed E-state index contributed by atoms with van der Waals surface area (Å²) in [6.45, 7) is 2.40. The first-order chi connectivity index (χ1) is 5.79. The number of hydrogen-bond acceptors (Lipinski definition) is 3. The number of rotatable bonds is 2. The van der Waals surface area contributed by atoms with Crippen LogP contribution >= 0.6 is 11.8 Å². The van der Waals surface area contributed by atoms with Gasteiger partial charge < -0.3 is 4.74 Å². The molecule has 0 bridgehead atoms. The maximum Gasteiger partial charge on any atom is 0.323 e. The van der Waals surface area contributed by atoms with Crippen LogP contribution in [0.3, 0.4) is 0 Å². The Hall–Kier alpha value is -0.180. The minimum Gasteiger partial charge on any atom is -0.465 e. The molecule has 2 fully saturated rings. The SMILES string of the molecule is CCOC(=O)C12CCCCC1S2. The van der Waals surface area contributed by atoms with Crippen molar-refractivity contribution in [1.29, 1.82) is 0 Å². The second-order valence-electron chi connectivity index (χ2n) is 3.46. The fourth-order valence-electron chi connectivity index (χ4n) is 1.98. The van der Waals surface area contributed by atoms with E-state index in [9.17, 15) is 4.79 Å². The fourth-order valence-corrected chi connectivity index (χ4v) is 3.46. The molecule has 2 nitrogen and oxygen atoms in total. The zero-order valence-corrected chi connectivity index (χ0v) is 8.15. The van der Waals surface area contributed by atoms with E-state index < -0.39 is 0 Å². The topological polar surface area (TPSA) is 26.3 Å². The zero-order chi connectivity index (χ0) is 8.60. The molecule has 0 radical (unpaired) electrons. The second-order valence-corrected chi connectivity index (χ2v) is 5.00. The van der Waals surface area contributed by atoms with Crippen molar-refractivity contribution in [2.45, 2.75) is 42.6 Å². The van der Waals surface area contributed by atoms with Crippen LogP contribution in [-0.2, 0) is 9.53 Å². The van der Waals surface area contributed by atoms with Gasteiger partial charge in [0.2, 0.25) is 0 Å². The molecular formula is C9H14O2S. The smallest absolute Gasteiger partial charge is 0.323 e. The summed E-state index contributed by atoms with van der Waals surface area (Å²) in [6, 6.07) is 0.